The summed E-state index contributed by atoms with van der Waals surface area (Å²) in [6.07, 6.45) is 1.34. The van der Waals surface area contributed by atoms with Crippen molar-refractivity contribution in [2.45, 2.75) is 12.6 Å². The number of aliphatic hydroxyl groups excluding tert-OH is 1. The molecular formula is C20H18ClN3O4. The van der Waals surface area contributed by atoms with Crippen molar-refractivity contribution in [3.05, 3.63) is 76.9 Å². The number of benzene rings is 2. The third kappa shape index (κ3) is 4.76. The van der Waals surface area contributed by atoms with Gasteiger partial charge in [0, 0.05) is 10.6 Å². The average Bonchev–Trinajstić information content (AvgIpc) is 3.21. The number of nitrogens with one attached hydrogen (secondary N) is 2. The Morgan fingerprint density at radius 3 is 2.68 bits per heavy atom. The first kappa shape index (κ1) is 19.6. The molecule has 0 saturated carbocycles. The van der Waals surface area contributed by atoms with E-state index in [1.54, 1.807) is 24.3 Å². The van der Waals surface area contributed by atoms with Crippen molar-refractivity contribution < 1.29 is 19.4 Å². The van der Waals surface area contributed by atoms with E-state index in [2.05, 4.69) is 15.5 Å². The van der Waals surface area contributed by atoms with E-state index >= 15 is 0 Å². The highest BCUT2D eigenvalue weighted by Gasteiger charge is 2.24. The smallest absolute Gasteiger partial charge is 0.331 e. The minimum Gasteiger partial charge on any atom is -0.459 e. The molecule has 0 aliphatic heterocycles. The highest BCUT2D eigenvalue weighted by atomic mass is 35.5. The second-order valence-electron chi connectivity index (χ2n) is 5.97. The maximum absolute atomic E-state index is 12.6. The van der Waals surface area contributed by atoms with Gasteiger partial charge in [0.25, 0.3) is 5.91 Å². The van der Waals surface area contributed by atoms with Crippen LogP contribution in [0.2, 0.25) is 5.02 Å². The van der Waals surface area contributed by atoms with Crippen LogP contribution in [0.15, 0.2) is 60.8 Å². The maximum atomic E-state index is 12.6. The molecule has 7 nitrogen and oxygen atoms in total. The van der Waals surface area contributed by atoms with Crippen molar-refractivity contribution in [2.75, 3.05) is 6.61 Å². The summed E-state index contributed by atoms with van der Waals surface area (Å²) in [5.41, 5.74) is 2.14. The molecule has 28 heavy (non-hydrogen) atoms. The summed E-state index contributed by atoms with van der Waals surface area (Å²) in [7, 11) is 0. The Morgan fingerprint density at radius 1 is 1.18 bits per heavy atom. The number of carbonyl (C=O) groups excluding carboxylic acids is 2. The molecule has 0 aliphatic rings. The number of ether oxygens (including phenoxy) is 1. The lowest BCUT2D eigenvalue weighted by molar-refractivity contribution is -0.148. The second kappa shape index (κ2) is 9.16. The van der Waals surface area contributed by atoms with E-state index < -0.39 is 24.5 Å². The number of amides is 1. The molecule has 0 fully saturated rings. The van der Waals surface area contributed by atoms with Gasteiger partial charge in [0.2, 0.25) is 0 Å². The number of hydrogen-bond acceptors (Lipinski definition) is 5. The Hall–Kier alpha value is -3.16. The molecule has 1 atom stereocenters. The number of esters is 1. The molecular weight excluding hydrogens is 382 g/mol. The monoisotopic (exact) mass is 399 g/mol. The van der Waals surface area contributed by atoms with Crippen molar-refractivity contribution in [3.63, 3.8) is 0 Å². The van der Waals surface area contributed by atoms with Crippen molar-refractivity contribution in [1.29, 1.82) is 0 Å². The predicted octanol–water partition coefficient (Wildman–Crippen LogP) is 2.56. The van der Waals surface area contributed by atoms with E-state index in [4.69, 9.17) is 16.3 Å². The number of rotatable bonds is 7. The van der Waals surface area contributed by atoms with Gasteiger partial charge in [0.1, 0.15) is 6.61 Å². The van der Waals surface area contributed by atoms with Gasteiger partial charge in [-0.25, -0.2) is 4.79 Å². The number of hydrogen-bond donors (Lipinski definition) is 3. The average molecular weight is 400 g/mol. The van der Waals surface area contributed by atoms with E-state index in [9.17, 15) is 14.7 Å². The molecule has 144 valence electrons. The molecule has 1 unspecified atom stereocenters. The first-order valence-electron chi connectivity index (χ1n) is 8.50. The van der Waals surface area contributed by atoms with Crippen molar-refractivity contribution in [1.82, 2.24) is 15.5 Å². The first-order valence-corrected chi connectivity index (χ1v) is 8.88. The van der Waals surface area contributed by atoms with E-state index in [0.717, 1.165) is 5.56 Å². The number of aromatic nitrogens is 2. The highest BCUT2D eigenvalue weighted by Crippen LogP contribution is 2.24. The fraction of sp³-hybridized carbons (Fsp3) is 0.150. The third-order valence-corrected chi connectivity index (χ3v) is 4.23. The van der Waals surface area contributed by atoms with Gasteiger partial charge in [-0.1, -0.05) is 54.1 Å². The standard InChI is InChI=1S/C20H18ClN3O4/c21-15-8-4-7-14(9-15)18-16(10-22-24-18)19(26)23-17(11-25)20(27)28-12-13-5-2-1-3-6-13/h1-10,17,25H,11-12H2,(H,22,24)(H,23,26). The van der Waals surface area contributed by atoms with Gasteiger partial charge < -0.3 is 15.2 Å². The Bertz CT molecular complexity index is 959. The topological polar surface area (TPSA) is 104 Å². The van der Waals surface area contributed by atoms with Crippen LogP contribution in [0.4, 0.5) is 0 Å². The summed E-state index contributed by atoms with van der Waals surface area (Å²) in [5, 5.41) is 19.1. The van der Waals surface area contributed by atoms with Crippen molar-refractivity contribution in [2.24, 2.45) is 0 Å². The fourth-order valence-electron chi connectivity index (χ4n) is 2.57. The van der Waals surface area contributed by atoms with Crippen LogP contribution < -0.4 is 5.32 Å². The van der Waals surface area contributed by atoms with Gasteiger partial charge in [0.05, 0.1) is 24.1 Å². The largest absolute Gasteiger partial charge is 0.459 e. The number of H-pyrrole nitrogens is 1. The van der Waals surface area contributed by atoms with Gasteiger partial charge in [-0.05, 0) is 17.7 Å². The second-order valence-corrected chi connectivity index (χ2v) is 6.41. The van der Waals surface area contributed by atoms with Crippen LogP contribution in [0.25, 0.3) is 11.3 Å². The fourth-order valence-corrected chi connectivity index (χ4v) is 2.76. The van der Waals surface area contributed by atoms with E-state index in [1.165, 1.54) is 6.20 Å². The number of aromatic amines is 1. The Labute approximate surface area is 166 Å². The quantitative estimate of drug-likeness (QED) is 0.530. The van der Waals surface area contributed by atoms with E-state index in [-0.39, 0.29) is 12.2 Å². The van der Waals surface area contributed by atoms with Crippen LogP contribution in [-0.2, 0) is 16.1 Å². The van der Waals surface area contributed by atoms with Crippen LogP contribution in [-0.4, -0.2) is 39.8 Å². The van der Waals surface area contributed by atoms with Crippen LogP contribution in [0, 0.1) is 0 Å². The molecule has 3 aromatic rings. The zero-order chi connectivity index (χ0) is 19.9. The molecule has 1 amide bonds. The summed E-state index contributed by atoms with van der Waals surface area (Å²) in [4.78, 5) is 24.8. The highest BCUT2D eigenvalue weighted by molar-refractivity contribution is 6.30. The van der Waals surface area contributed by atoms with Crippen molar-refractivity contribution >= 4 is 23.5 Å². The Kier molecular flexibility index (Phi) is 6.41. The van der Waals surface area contributed by atoms with Crippen LogP contribution in [0.5, 0.6) is 0 Å². The van der Waals surface area contributed by atoms with Crippen LogP contribution >= 0.6 is 11.6 Å². The summed E-state index contributed by atoms with van der Waals surface area (Å²) >= 11 is 6.00. The summed E-state index contributed by atoms with van der Waals surface area (Å²) in [6.45, 7) is -0.546. The molecule has 0 radical (unpaired) electrons. The van der Waals surface area contributed by atoms with Crippen LogP contribution in [0.1, 0.15) is 15.9 Å². The van der Waals surface area contributed by atoms with Gasteiger partial charge in [-0.15, -0.1) is 0 Å². The molecule has 2 aromatic carbocycles. The summed E-state index contributed by atoms with van der Waals surface area (Å²) in [6, 6.07) is 14.8. The molecule has 8 heteroatoms. The van der Waals surface area contributed by atoms with Gasteiger partial charge >= 0.3 is 5.97 Å². The number of aliphatic hydroxyl groups is 1. The lowest BCUT2D eigenvalue weighted by Crippen LogP contribution is -2.44. The zero-order valence-electron chi connectivity index (χ0n) is 14.8. The maximum Gasteiger partial charge on any atom is 0.331 e. The lowest BCUT2D eigenvalue weighted by Gasteiger charge is -2.15. The molecule has 0 aliphatic carbocycles. The zero-order valence-corrected chi connectivity index (χ0v) is 15.5. The predicted molar refractivity (Wildman–Crippen MR) is 104 cm³/mol. The SMILES string of the molecule is O=C(NC(CO)C(=O)OCc1ccccc1)c1cn[nH]c1-c1cccc(Cl)c1. The minimum atomic E-state index is -1.20. The Morgan fingerprint density at radius 2 is 1.96 bits per heavy atom. The lowest BCUT2D eigenvalue weighted by atomic mass is 10.1. The van der Waals surface area contributed by atoms with Gasteiger partial charge in [-0.3, -0.25) is 9.89 Å². The van der Waals surface area contributed by atoms with Crippen LogP contribution in [0.3, 0.4) is 0 Å². The summed E-state index contributed by atoms with van der Waals surface area (Å²) in [5.74, 6) is -1.30. The molecule has 1 aromatic heterocycles. The third-order valence-electron chi connectivity index (χ3n) is 3.99. The van der Waals surface area contributed by atoms with Crippen molar-refractivity contribution in [3.8, 4) is 11.3 Å². The molecule has 3 N–H and O–H groups in total. The molecule has 0 spiro atoms. The summed E-state index contributed by atoms with van der Waals surface area (Å²) < 4.78 is 5.18. The normalized spacial score (nSPS) is 11.6. The molecule has 3 rings (SSSR count). The van der Waals surface area contributed by atoms with Gasteiger partial charge in [-0.2, -0.15) is 5.10 Å². The minimum absolute atomic E-state index is 0.0471. The number of halogens is 1. The molecule has 1 heterocycles. The Balaban J connectivity index is 1.67. The number of carbonyl (C=O) groups is 2. The number of nitrogens with zero attached hydrogens (tertiary/aromatic N) is 1. The van der Waals surface area contributed by atoms with E-state index in [0.29, 0.717) is 16.3 Å². The van der Waals surface area contributed by atoms with Gasteiger partial charge in [0.15, 0.2) is 6.04 Å². The molecule has 0 saturated heterocycles. The molecule has 0 bridgehead atoms. The first-order chi connectivity index (χ1) is 13.6. The van der Waals surface area contributed by atoms with E-state index in [1.807, 2.05) is 30.3 Å².